The van der Waals surface area contributed by atoms with Crippen LogP contribution in [0.1, 0.15) is 25.3 Å². The van der Waals surface area contributed by atoms with Crippen LogP contribution in [0.2, 0.25) is 0 Å². The first-order valence-electron chi connectivity index (χ1n) is 5.77. The van der Waals surface area contributed by atoms with E-state index in [0.29, 0.717) is 5.41 Å². The predicted molar refractivity (Wildman–Crippen MR) is 64.4 cm³/mol. The number of hydrogen-bond donors (Lipinski definition) is 0. The first kappa shape index (κ1) is 10.7. The number of rotatable bonds is 2. The SMILES string of the molecule is [CH2]C1(C)CCN(Cc2ccccc2)CC1. The summed E-state index contributed by atoms with van der Waals surface area (Å²) in [5.41, 5.74) is 1.73. The molecule has 1 aliphatic rings. The molecule has 1 heteroatoms. The molecule has 1 fully saturated rings. The molecular weight excluding hydrogens is 182 g/mol. The van der Waals surface area contributed by atoms with E-state index < -0.39 is 0 Å². The second kappa shape index (κ2) is 4.36. The van der Waals surface area contributed by atoms with Gasteiger partial charge in [0, 0.05) is 6.54 Å². The van der Waals surface area contributed by atoms with Gasteiger partial charge in [0.15, 0.2) is 0 Å². The molecule has 0 unspecified atom stereocenters. The van der Waals surface area contributed by atoms with Gasteiger partial charge in [0.2, 0.25) is 0 Å². The number of hydrogen-bond acceptors (Lipinski definition) is 1. The van der Waals surface area contributed by atoms with Crippen LogP contribution in [-0.2, 0) is 6.54 Å². The van der Waals surface area contributed by atoms with Crippen LogP contribution in [0.25, 0.3) is 0 Å². The Labute approximate surface area is 93.1 Å². The van der Waals surface area contributed by atoms with Gasteiger partial charge in [-0.1, -0.05) is 37.3 Å². The fourth-order valence-corrected chi connectivity index (χ4v) is 2.09. The van der Waals surface area contributed by atoms with Crippen molar-refractivity contribution < 1.29 is 0 Å². The van der Waals surface area contributed by atoms with Crippen molar-refractivity contribution >= 4 is 0 Å². The molecule has 0 atom stereocenters. The molecule has 0 aromatic heterocycles. The van der Waals surface area contributed by atoms with Gasteiger partial charge in [0.25, 0.3) is 0 Å². The quantitative estimate of drug-likeness (QED) is 0.712. The third-order valence-electron chi connectivity index (χ3n) is 3.31. The van der Waals surface area contributed by atoms with Gasteiger partial charge >= 0.3 is 0 Å². The summed E-state index contributed by atoms with van der Waals surface area (Å²) in [5.74, 6) is 0. The van der Waals surface area contributed by atoms with Gasteiger partial charge < -0.3 is 0 Å². The lowest BCUT2D eigenvalue weighted by atomic mass is 9.82. The van der Waals surface area contributed by atoms with Crippen LogP contribution in [0.4, 0.5) is 0 Å². The van der Waals surface area contributed by atoms with Gasteiger partial charge in [0.05, 0.1) is 0 Å². The highest BCUT2D eigenvalue weighted by Gasteiger charge is 2.25. The monoisotopic (exact) mass is 202 g/mol. The largest absolute Gasteiger partial charge is 0.299 e. The topological polar surface area (TPSA) is 3.24 Å². The van der Waals surface area contributed by atoms with Crippen LogP contribution in [0.15, 0.2) is 30.3 Å². The minimum atomic E-state index is 0.313. The minimum Gasteiger partial charge on any atom is -0.299 e. The zero-order valence-electron chi connectivity index (χ0n) is 9.58. The Morgan fingerprint density at radius 3 is 2.40 bits per heavy atom. The fourth-order valence-electron chi connectivity index (χ4n) is 2.09. The lowest BCUT2D eigenvalue weighted by molar-refractivity contribution is 0.144. The maximum Gasteiger partial charge on any atom is 0.0233 e. The highest BCUT2D eigenvalue weighted by atomic mass is 15.1. The molecule has 15 heavy (non-hydrogen) atoms. The fraction of sp³-hybridized carbons (Fsp3) is 0.500. The smallest absolute Gasteiger partial charge is 0.0233 e. The highest BCUT2D eigenvalue weighted by molar-refractivity contribution is 5.14. The minimum absolute atomic E-state index is 0.313. The molecule has 1 aromatic carbocycles. The summed E-state index contributed by atoms with van der Waals surface area (Å²) in [6.45, 7) is 9.99. The number of piperidine rings is 1. The van der Waals surface area contributed by atoms with Crippen molar-refractivity contribution in [2.24, 2.45) is 5.41 Å². The van der Waals surface area contributed by atoms with E-state index >= 15 is 0 Å². The second-order valence-electron chi connectivity index (χ2n) is 5.07. The van der Waals surface area contributed by atoms with Crippen molar-refractivity contribution in [2.75, 3.05) is 13.1 Å². The van der Waals surface area contributed by atoms with Crippen molar-refractivity contribution in [3.8, 4) is 0 Å². The van der Waals surface area contributed by atoms with E-state index in [1.807, 2.05) is 0 Å². The van der Waals surface area contributed by atoms with Crippen molar-refractivity contribution in [1.29, 1.82) is 0 Å². The third kappa shape index (κ3) is 3.07. The predicted octanol–water partition coefficient (Wildman–Crippen LogP) is 3.12. The van der Waals surface area contributed by atoms with Crippen LogP contribution in [0.3, 0.4) is 0 Å². The lowest BCUT2D eigenvalue weighted by Crippen LogP contribution is -2.36. The van der Waals surface area contributed by atoms with Crippen molar-refractivity contribution in [2.45, 2.75) is 26.3 Å². The zero-order valence-corrected chi connectivity index (χ0v) is 9.58. The molecule has 81 valence electrons. The summed E-state index contributed by atoms with van der Waals surface area (Å²) < 4.78 is 0. The first-order valence-corrected chi connectivity index (χ1v) is 5.77. The summed E-state index contributed by atoms with van der Waals surface area (Å²) in [6, 6.07) is 10.7. The molecule has 1 nitrogen and oxygen atoms in total. The molecule has 0 amide bonds. The van der Waals surface area contributed by atoms with E-state index in [0.717, 1.165) is 6.54 Å². The van der Waals surface area contributed by atoms with E-state index in [-0.39, 0.29) is 0 Å². The lowest BCUT2D eigenvalue weighted by Gasteiger charge is -2.36. The Morgan fingerprint density at radius 1 is 1.20 bits per heavy atom. The molecule has 0 N–H and O–H groups in total. The molecule has 1 aliphatic heterocycles. The Balaban J connectivity index is 1.88. The van der Waals surface area contributed by atoms with E-state index in [1.165, 1.54) is 31.5 Å². The van der Waals surface area contributed by atoms with E-state index in [4.69, 9.17) is 0 Å². The number of nitrogens with zero attached hydrogens (tertiary/aromatic N) is 1. The molecule has 1 radical (unpaired) electrons. The van der Waals surface area contributed by atoms with Crippen molar-refractivity contribution in [3.63, 3.8) is 0 Å². The summed E-state index contributed by atoms with van der Waals surface area (Å²) >= 11 is 0. The zero-order chi connectivity index (χ0) is 10.7. The third-order valence-corrected chi connectivity index (χ3v) is 3.31. The Morgan fingerprint density at radius 2 is 1.80 bits per heavy atom. The Hall–Kier alpha value is -0.820. The maximum atomic E-state index is 4.24. The summed E-state index contributed by atoms with van der Waals surface area (Å²) in [4.78, 5) is 2.53. The number of likely N-dealkylation sites (tertiary alicyclic amines) is 1. The van der Waals surface area contributed by atoms with E-state index in [9.17, 15) is 0 Å². The second-order valence-corrected chi connectivity index (χ2v) is 5.07. The van der Waals surface area contributed by atoms with Crippen LogP contribution < -0.4 is 0 Å². The van der Waals surface area contributed by atoms with Gasteiger partial charge in [-0.25, -0.2) is 0 Å². The van der Waals surface area contributed by atoms with Crippen LogP contribution in [0, 0.1) is 12.3 Å². The van der Waals surface area contributed by atoms with Gasteiger partial charge in [-0.2, -0.15) is 0 Å². The van der Waals surface area contributed by atoms with Gasteiger partial charge in [-0.05, 0) is 43.8 Å². The number of benzene rings is 1. The molecule has 1 heterocycles. The van der Waals surface area contributed by atoms with E-state index in [1.54, 1.807) is 0 Å². The molecular formula is C14H20N. The Bertz CT molecular complexity index is 292. The summed E-state index contributed by atoms with van der Waals surface area (Å²) in [7, 11) is 0. The maximum absolute atomic E-state index is 4.24. The van der Waals surface area contributed by atoms with Gasteiger partial charge in [-0.3, -0.25) is 4.90 Å². The van der Waals surface area contributed by atoms with Crippen molar-refractivity contribution in [1.82, 2.24) is 4.90 Å². The Kier molecular flexibility index (Phi) is 3.11. The van der Waals surface area contributed by atoms with Gasteiger partial charge in [-0.15, -0.1) is 0 Å². The van der Waals surface area contributed by atoms with E-state index in [2.05, 4.69) is 49.1 Å². The molecule has 1 aromatic rings. The van der Waals surface area contributed by atoms with Crippen LogP contribution >= 0.6 is 0 Å². The summed E-state index contributed by atoms with van der Waals surface area (Å²) in [5, 5.41) is 0. The normalized spacial score (nSPS) is 21.5. The molecule has 0 saturated carbocycles. The molecule has 2 rings (SSSR count). The standard InChI is InChI=1S/C14H20N/c1-14(2)8-10-15(11-9-14)12-13-6-4-3-5-7-13/h3-7H,1,8-12H2,2H3. The molecule has 1 saturated heterocycles. The van der Waals surface area contributed by atoms with Gasteiger partial charge in [0.1, 0.15) is 0 Å². The summed E-state index contributed by atoms with van der Waals surface area (Å²) in [6.07, 6.45) is 2.44. The van der Waals surface area contributed by atoms with Crippen LogP contribution in [-0.4, -0.2) is 18.0 Å². The molecule has 0 spiro atoms. The highest BCUT2D eigenvalue weighted by Crippen LogP contribution is 2.29. The average Bonchev–Trinajstić information content (AvgIpc) is 2.23. The van der Waals surface area contributed by atoms with Crippen molar-refractivity contribution in [3.05, 3.63) is 42.8 Å². The molecule has 0 bridgehead atoms. The molecule has 0 aliphatic carbocycles. The van der Waals surface area contributed by atoms with Crippen LogP contribution in [0.5, 0.6) is 0 Å². The average molecular weight is 202 g/mol. The first-order chi connectivity index (χ1) is 7.16.